The van der Waals surface area contributed by atoms with Crippen LogP contribution in [0.15, 0.2) is 30.3 Å². The number of benzene rings is 1. The Labute approximate surface area is 124 Å². The molecule has 1 aromatic carbocycles. The van der Waals surface area contributed by atoms with Crippen molar-refractivity contribution < 1.29 is 14.1 Å². The average Bonchev–Trinajstić information content (AvgIpc) is 2.45. The molecular formula is C15H25NO3S. The second-order valence-corrected chi connectivity index (χ2v) is 6.43. The van der Waals surface area contributed by atoms with Crippen LogP contribution in [-0.4, -0.2) is 47.1 Å². The summed E-state index contributed by atoms with van der Waals surface area (Å²) in [5.41, 5.74) is 1.11. The summed E-state index contributed by atoms with van der Waals surface area (Å²) < 4.78 is 16.5. The number of aliphatic hydroxyl groups excluding tert-OH is 1. The molecule has 3 unspecified atom stereocenters. The fourth-order valence-electron chi connectivity index (χ4n) is 1.80. The molecule has 4 nitrogen and oxygen atoms in total. The molecule has 2 N–H and O–H groups in total. The summed E-state index contributed by atoms with van der Waals surface area (Å²) in [5, 5.41) is 12.9. The maximum atomic E-state index is 10.9. The molecule has 0 spiro atoms. The van der Waals surface area contributed by atoms with E-state index in [1.807, 2.05) is 37.3 Å². The summed E-state index contributed by atoms with van der Waals surface area (Å²) in [7, 11) is -0.738. The number of hydrogen-bond acceptors (Lipinski definition) is 4. The number of hydrogen-bond donors (Lipinski definition) is 2. The van der Waals surface area contributed by atoms with Gasteiger partial charge < -0.3 is 15.2 Å². The van der Waals surface area contributed by atoms with Crippen molar-refractivity contribution in [3.63, 3.8) is 0 Å². The van der Waals surface area contributed by atoms with Gasteiger partial charge in [-0.25, -0.2) is 0 Å². The number of rotatable bonds is 10. The van der Waals surface area contributed by atoms with Crippen LogP contribution in [0.3, 0.4) is 0 Å². The Morgan fingerprint density at radius 2 is 2.05 bits per heavy atom. The smallest absolute Gasteiger partial charge is 0.0897 e. The first-order valence-corrected chi connectivity index (χ1v) is 8.67. The SMILES string of the molecule is CC(OCC(O)CNCCCS(C)=O)c1ccccc1. The minimum absolute atomic E-state index is 0.0200. The molecule has 0 saturated heterocycles. The van der Waals surface area contributed by atoms with Crippen LogP contribution in [0.5, 0.6) is 0 Å². The van der Waals surface area contributed by atoms with Crippen LogP contribution >= 0.6 is 0 Å². The second kappa shape index (κ2) is 10.0. The van der Waals surface area contributed by atoms with Gasteiger partial charge in [0.05, 0.1) is 18.8 Å². The van der Waals surface area contributed by atoms with E-state index in [1.54, 1.807) is 6.26 Å². The quantitative estimate of drug-likeness (QED) is 0.643. The van der Waals surface area contributed by atoms with E-state index in [4.69, 9.17) is 4.74 Å². The van der Waals surface area contributed by atoms with E-state index in [0.29, 0.717) is 18.9 Å². The maximum Gasteiger partial charge on any atom is 0.0897 e. The number of aliphatic hydroxyl groups is 1. The molecule has 0 aliphatic heterocycles. The lowest BCUT2D eigenvalue weighted by Gasteiger charge is -2.17. The third kappa shape index (κ3) is 7.75. The number of nitrogens with one attached hydrogen (secondary N) is 1. The summed E-state index contributed by atoms with van der Waals surface area (Å²) in [6.07, 6.45) is 2.02. The van der Waals surface area contributed by atoms with Gasteiger partial charge in [0.25, 0.3) is 0 Å². The van der Waals surface area contributed by atoms with Gasteiger partial charge in [0, 0.05) is 29.4 Å². The first-order valence-electron chi connectivity index (χ1n) is 6.95. The average molecular weight is 299 g/mol. The highest BCUT2D eigenvalue weighted by atomic mass is 32.2. The van der Waals surface area contributed by atoms with E-state index in [1.165, 1.54) is 0 Å². The minimum atomic E-state index is -0.738. The Balaban J connectivity index is 2.10. The molecular weight excluding hydrogens is 274 g/mol. The van der Waals surface area contributed by atoms with Gasteiger partial charge in [-0.3, -0.25) is 4.21 Å². The predicted octanol–water partition coefficient (Wildman–Crippen LogP) is 1.48. The Hall–Kier alpha value is -0.750. The molecule has 1 rings (SSSR count). The lowest BCUT2D eigenvalue weighted by Crippen LogP contribution is -2.31. The molecule has 0 radical (unpaired) electrons. The number of ether oxygens (including phenoxy) is 1. The highest BCUT2D eigenvalue weighted by molar-refractivity contribution is 7.84. The van der Waals surface area contributed by atoms with E-state index < -0.39 is 16.9 Å². The first kappa shape index (κ1) is 17.3. The molecule has 3 atom stereocenters. The fraction of sp³-hybridized carbons (Fsp3) is 0.600. The molecule has 0 amide bonds. The molecule has 0 aliphatic rings. The molecule has 0 bridgehead atoms. The minimum Gasteiger partial charge on any atom is -0.389 e. The van der Waals surface area contributed by atoms with Gasteiger partial charge >= 0.3 is 0 Å². The maximum absolute atomic E-state index is 10.9. The van der Waals surface area contributed by atoms with E-state index in [2.05, 4.69) is 5.32 Å². The Bertz CT molecular complexity index is 386. The van der Waals surface area contributed by atoms with Crippen molar-refractivity contribution in [2.45, 2.75) is 25.6 Å². The van der Waals surface area contributed by atoms with E-state index in [0.717, 1.165) is 18.5 Å². The van der Waals surface area contributed by atoms with Crippen molar-refractivity contribution in [1.82, 2.24) is 5.32 Å². The molecule has 0 aliphatic carbocycles. The third-order valence-corrected chi connectivity index (χ3v) is 3.84. The van der Waals surface area contributed by atoms with Crippen LogP contribution < -0.4 is 5.32 Å². The van der Waals surface area contributed by atoms with Crippen molar-refractivity contribution in [3.05, 3.63) is 35.9 Å². The summed E-state index contributed by atoms with van der Waals surface area (Å²) in [4.78, 5) is 0. The van der Waals surface area contributed by atoms with E-state index >= 15 is 0 Å². The topological polar surface area (TPSA) is 58.6 Å². The third-order valence-electron chi connectivity index (χ3n) is 2.97. The Kier molecular flexibility index (Phi) is 8.69. The van der Waals surface area contributed by atoms with Crippen LogP contribution in [0.2, 0.25) is 0 Å². The van der Waals surface area contributed by atoms with Crippen molar-refractivity contribution >= 4 is 10.8 Å². The van der Waals surface area contributed by atoms with Gasteiger partial charge in [-0.1, -0.05) is 30.3 Å². The molecule has 0 heterocycles. The normalized spacial score (nSPS) is 15.8. The van der Waals surface area contributed by atoms with Gasteiger partial charge in [0.2, 0.25) is 0 Å². The summed E-state index contributed by atoms with van der Waals surface area (Å²) in [6.45, 7) is 3.55. The fourth-order valence-corrected chi connectivity index (χ4v) is 2.35. The van der Waals surface area contributed by atoms with Crippen LogP contribution in [-0.2, 0) is 15.5 Å². The largest absolute Gasteiger partial charge is 0.389 e. The molecule has 1 aromatic rings. The predicted molar refractivity (Wildman–Crippen MR) is 83.2 cm³/mol. The molecule has 0 aromatic heterocycles. The molecule has 114 valence electrons. The summed E-state index contributed by atoms with van der Waals surface area (Å²) in [5.74, 6) is 0.699. The summed E-state index contributed by atoms with van der Waals surface area (Å²) >= 11 is 0. The van der Waals surface area contributed by atoms with Crippen LogP contribution in [0, 0.1) is 0 Å². The zero-order valence-corrected chi connectivity index (χ0v) is 13.1. The van der Waals surface area contributed by atoms with E-state index in [9.17, 15) is 9.32 Å². The van der Waals surface area contributed by atoms with Crippen molar-refractivity contribution in [2.24, 2.45) is 0 Å². The second-order valence-electron chi connectivity index (χ2n) is 4.88. The summed E-state index contributed by atoms with van der Waals surface area (Å²) in [6, 6.07) is 9.95. The van der Waals surface area contributed by atoms with Gasteiger partial charge in [0.1, 0.15) is 0 Å². The van der Waals surface area contributed by atoms with Crippen molar-refractivity contribution in [1.29, 1.82) is 0 Å². The molecule has 0 fully saturated rings. The monoisotopic (exact) mass is 299 g/mol. The zero-order valence-electron chi connectivity index (χ0n) is 12.2. The van der Waals surface area contributed by atoms with Gasteiger partial charge in [0.15, 0.2) is 0 Å². The van der Waals surface area contributed by atoms with Crippen molar-refractivity contribution in [3.8, 4) is 0 Å². The standard InChI is InChI=1S/C15H25NO3S/c1-13(14-7-4-3-5-8-14)19-12-15(17)11-16-9-6-10-20(2)18/h3-5,7-8,13,15-17H,6,9-12H2,1-2H3. The zero-order chi connectivity index (χ0) is 14.8. The molecule has 5 heteroatoms. The van der Waals surface area contributed by atoms with Gasteiger partial charge in [-0.15, -0.1) is 0 Å². The lowest BCUT2D eigenvalue weighted by molar-refractivity contribution is -0.00193. The Morgan fingerprint density at radius 1 is 1.35 bits per heavy atom. The molecule has 20 heavy (non-hydrogen) atoms. The first-order chi connectivity index (χ1) is 9.59. The van der Waals surface area contributed by atoms with Crippen LogP contribution in [0.4, 0.5) is 0 Å². The van der Waals surface area contributed by atoms with Gasteiger partial charge in [-0.2, -0.15) is 0 Å². The van der Waals surface area contributed by atoms with Crippen molar-refractivity contribution in [2.75, 3.05) is 31.7 Å². The van der Waals surface area contributed by atoms with E-state index in [-0.39, 0.29) is 6.10 Å². The van der Waals surface area contributed by atoms with Crippen LogP contribution in [0.25, 0.3) is 0 Å². The lowest BCUT2D eigenvalue weighted by atomic mass is 10.1. The highest BCUT2D eigenvalue weighted by Crippen LogP contribution is 2.15. The van der Waals surface area contributed by atoms with Gasteiger partial charge in [-0.05, 0) is 25.5 Å². The van der Waals surface area contributed by atoms with Crippen LogP contribution in [0.1, 0.15) is 25.0 Å². The molecule has 0 saturated carbocycles. The Morgan fingerprint density at radius 3 is 2.70 bits per heavy atom. The highest BCUT2D eigenvalue weighted by Gasteiger charge is 2.09.